The predicted octanol–water partition coefficient (Wildman–Crippen LogP) is 3.58. The maximum Gasteiger partial charge on any atom is 0.310 e. The highest BCUT2D eigenvalue weighted by Gasteiger charge is 2.55. The van der Waals surface area contributed by atoms with E-state index in [9.17, 15) is 9.59 Å². The van der Waals surface area contributed by atoms with Crippen LogP contribution < -0.4 is 0 Å². The number of carbonyl (C=O) groups excluding carboxylic acids is 2. The standard InChI is InChI=1S/C19H30O4/c1-5-19(10-13-6-7-14(19)9-13)23-18(21)16-12(3)8-11(2)15(16)17(20)22-4/h11-16H,5-10H2,1-4H3. The molecule has 130 valence electrons. The van der Waals surface area contributed by atoms with Gasteiger partial charge in [0.1, 0.15) is 5.60 Å². The van der Waals surface area contributed by atoms with Crippen molar-refractivity contribution in [2.24, 2.45) is 35.5 Å². The van der Waals surface area contributed by atoms with E-state index in [4.69, 9.17) is 9.47 Å². The Bertz CT molecular complexity index is 488. The van der Waals surface area contributed by atoms with E-state index in [1.165, 1.54) is 26.4 Å². The lowest BCUT2D eigenvalue weighted by atomic mass is 9.81. The van der Waals surface area contributed by atoms with Gasteiger partial charge < -0.3 is 9.47 Å². The van der Waals surface area contributed by atoms with E-state index < -0.39 is 0 Å². The van der Waals surface area contributed by atoms with Crippen molar-refractivity contribution in [2.75, 3.05) is 7.11 Å². The molecule has 0 amide bonds. The molecule has 3 fully saturated rings. The van der Waals surface area contributed by atoms with E-state index in [1.807, 2.05) is 6.92 Å². The Morgan fingerprint density at radius 1 is 1.04 bits per heavy atom. The Kier molecular flexibility index (Phi) is 4.45. The summed E-state index contributed by atoms with van der Waals surface area (Å²) < 4.78 is 11.1. The van der Waals surface area contributed by atoms with Gasteiger partial charge in [0.15, 0.2) is 0 Å². The third-order valence-corrected chi connectivity index (χ3v) is 6.92. The number of ether oxygens (including phenoxy) is 2. The van der Waals surface area contributed by atoms with E-state index in [0.717, 1.165) is 25.2 Å². The average Bonchev–Trinajstić information content (AvgIpc) is 3.19. The third-order valence-electron chi connectivity index (χ3n) is 6.92. The minimum absolute atomic E-state index is 0.161. The molecular weight excluding hydrogens is 292 g/mol. The molecule has 3 saturated carbocycles. The van der Waals surface area contributed by atoms with Crippen molar-refractivity contribution in [3.05, 3.63) is 0 Å². The summed E-state index contributed by atoms with van der Waals surface area (Å²) in [4.78, 5) is 25.2. The van der Waals surface area contributed by atoms with E-state index >= 15 is 0 Å². The highest BCUT2D eigenvalue weighted by atomic mass is 16.6. The molecule has 0 radical (unpaired) electrons. The molecule has 0 heterocycles. The van der Waals surface area contributed by atoms with Crippen LogP contribution in [0.1, 0.15) is 59.3 Å². The van der Waals surface area contributed by atoms with E-state index in [1.54, 1.807) is 0 Å². The first-order valence-electron chi connectivity index (χ1n) is 9.22. The summed E-state index contributed by atoms with van der Waals surface area (Å²) in [6, 6.07) is 0. The topological polar surface area (TPSA) is 52.6 Å². The Hall–Kier alpha value is -1.06. The van der Waals surface area contributed by atoms with Crippen molar-refractivity contribution in [3.63, 3.8) is 0 Å². The van der Waals surface area contributed by atoms with Crippen LogP contribution in [0, 0.1) is 35.5 Å². The Morgan fingerprint density at radius 3 is 2.17 bits per heavy atom. The van der Waals surface area contributed by atoms with Crippen LogP contribution in [-0.2, 0) is 19.1 Å². The molecule has 4 heteroatoms. The molecule has 0 saturated heterocycles. The maximum atomic E-state index is 13.0. The second-order valence-corrected chi connectivity index (χ2v) is 8.18. The minimum atomic E-state index is -0.352. The fourth-order valence-electron chi connectivity index (χ4n) is 5.77. The lowest BCUT2D eigenvalue weighted by Gasteiger charge is -2.38. The molecule has 7 atom stereocenters. The van der Waals surface area contributed by atoms with Crippen molar-refractivity contribution < 1.29 is 19.1 Å². The monoisotopic (exact) mass is 322 g/mol. The summed E-state index contributed by atoms with van der Waals surface area (Å²) in [6.07, 6.45) is 6.45. The molecule has 3 rings (SSSR count). The normalized spacial score (nSPS) is 45.2. The fourth-order valence-corrected chi connectivity index (χ4v) is 5.77. The molecule has 0 aromatic heterocycles. The molecule has 23 heavy (non-hydrogen) atoms. The zero-order chi connectivity index (χ0) is 16.8. The number of fused-ring (bicyclic) bond motifs is 2. The average molecular weight is 322 g/mol. The van der Waals surface area contributed by atoms with Crippen LogP contribution in [0.2, 0.25) is 0 Å². The maximum absolute atomic E-state index is 13.0. The number of carbonyl (C=O) groups is 2. The zero-order valence-corrected chi connectivity index (χ0v) is 14.8. The Morgan fingerprint density at radius 2 is 1.70 bits per heavy atom. The second kappa shape index (κ2) is 6.10. The highest BCUT2D eigenvalue weighted by Crippen LogP contribution is 2.55. The van der Waals surface area contributed by atoms with Gasteiger partial charge in [-0.2, -0.15) is 0 Å². The zero-order valence-electron chi connectivity index (χ0n) is 14.8. The van der Waals surface area contributed by atoms with E-state index in [-0.39, 0.29) is 41.2 Å². The van der Waals surface area contributed by atoms with Crippen LogP contribution in [0.3, 0.4) is 0 Å². The fraction of sp³-hybridized carbons (Fsp3) is 0.895. The largest absolute Gasteiger partial charge is 0.469 e. The van der Waals surface area contributed by atoms with Gasteiger partial charge in [-0.05, 0) is 62.2 Å². The summed E-state index contributed by atoms with van der Waals surface area (Å²) in [6.45, 7) is 6.23. The summed E-state index contributed by atoms with van der Waals surface area (Å²) in [5.74, 6) is 0.474. The minimum Gasteiger partial charge on any atom is -0.469 e. The summed E-state index contributed by atoms with van der Waals surface area (Å²) in [7, 11) is 1.41. The molecule has 2 bridgehead atoms. The van der Waals surface area contributed by atoms with E-state index in [2.05, 4.69) is 13.8 Å². The molecule has 0 aromatic rings. The van der Waals surface area contributed by atoms with Crippen molar-refractivity contribution >= 4 is 11.9 Å². The molecule has 3 aliphatic carbocycles. The first kappa shape index (κ1) is 16.8. The Balaban J connectivity index is 1.77. The lowest BCUT2D eigenvalue weighted by molar-refractivity contribution is -0.177. The van der Waals surface area contributed by atoms with Gasteiger partial charge in [0.2, 0.25) is 0 Å². The number of esters is 2. The summed E-state index contributed by atoms with van der Waals surface area (Å²) >= 11 is 0. The second-order valence-electron chi connectivity index (χ2n) is 8.18. The molecule has 0 N–H and O–H groups in total. The van der Waals surface area contributed by atoms with Gasteiger partial charge in [0.25, 0.3) is 0 Å². The summed E-state index contributed by atoms with van der Waals surface area (Å²) in [5, 5.41) is 0. The third kappa shape index (κ3) is 2.68. The lowest BCUT2D eigenvalue weighted by Crippen LogP contribution is -2.43. The Labute approximate surface area is 139 Å². The molecule has 4 nitrogen and oxygen atoms in total. The van der Waals surface area contributed by atoms with Crippen molar-refractivity contribution in [2.45, 2.75) is 64.9 Å². The molecule has 0 aromatic carbocycles. The van der Waals surface area contributed by atoms with Crippen LogP contribution in [0.4, 0.5) is 0 Å². The van der Waals surface area contributed by atoms with Crippen LogP contribution in [-0.4, -0.2) is 24.6 Å². The van der Waals surface area contributed by atoms with Gasteiger partial charge in [-0.15, -0.1) is 0 Å². The number of rotatable bonds is 4. The quantitative estimate of drug-likeness (QED) is 0.742. The number of hydrogen-bond donors (Lipinski definition) is 0. The predicted molar refractivity (Wildman–Crippen MR) is 86.5 cm³/mol. The van der Waals surface area contributed by atoms with Crippen LogP contribution >= 0.6 is 0 Å². The van der Waals surface area contributed by atoms with Crippen LogP contribution in [0.5, 0.6) is 0 Å². The molecule has 0 spiro atoms. The van der Waals surface area contributed by atoms with Crippen LogP contribution in [0.25, 0.3) is 0 Å². The van der Waals surface area contributed by atoms with E-state index in [0.29, 0.717) is 5.92 Å². The molecule has 3 aliphatic rings. The van der Waals surface area contributed by atoms with Crippen LogP contribution in [0.15, 0.2) is 0 Å². The first-order valence-corrected chi connectivity index (χ1v) is 9.22. The van der Waals surface area contributed by atoms with Gasteiger partial charge in [-0.3, -0.25) is 9.59 Å². The van der Waals surface area contributed by atoms with Gasteiger partial charge in [-0.1, -0.05) is 20.8 Å². The summed E-state index contributed by atoms with van der Waals surface area (Å²) in [5.41, 5.74) is -0.272. The molecule has 0 aliphatic heterocycles. The first-order chi connectivity index (χ1) is 10.9. The van der Waals surface area contributed by atoms with Crippen molar-refractivity contribution in [1.82, 2.24) is 0 Å². The number of methoxy groups -OCH3 is 1. The highest BCUT2D eigenvalue weighted by molar-refractivity contribution is 5.83. The SMILES string of the molecule is CCC1(OC(=O)C2C(C)CC(C)C2C(=O)OC)CC2CCC1C2. The van der Waals surface area contributed by atoms with Gasteiger partial charge in [-0.25, -0.2) is 0 Å². The van der Waals surface area contributed by atoms with Crippen molar-refractivity contribution in [1.29, 1.82) is 0 Å². The smallest absolute Gasteiger partial charge is 0.310 e. The van der Waals surface area contributed by atoms with Crippen molar-refractivity contribution in [3.8, 4) is 0 Å². The molecule has 7 unspecified atom stereocenters. The van der Waals surface area contributed by atoms with Gasteiger partial charge in [0, 0.05) is 0 Å². The molecular formula is C19H30O4. The van der Waals surface area contributed by atoms with Gasteiger partial charge in [0.05, 0.1) is 18.9 Å². The van der Waals surface area contributed by atoms with Gasteiger partial charge >= 0.3 is 11.9 Å². The number of hydrogen-bond acceptors (Lipinski definition) is 4.